The van der Waals surface area contributed by atoms with Crippen molar-refractivity contribution < 1.29 is 27.9 Å². The summed E-state index contributed by atoms with van der Waals surface area (Å²) >= 11 is 0. The van der Waals surface area contributed by atoms with Gasteiger partial charge < -0.3 is 19.2 Å². The third-order valence-corrected chi connectivity index (χ3v) is 13.7. The lowest BCUT2D eigenvalue weighted by Gasteiger charge is -2.46. The van der Waals surface area contributed by atoms with Gasteiger partial charge in [0.05, 0.1) is 37.0 Å². The van der Waals surface area contributed by atoms with Crippen LogP contribution in [0.5, 0.6) is 0 Å². The largest absolute Gasteiger partial charge is 0.444 e. The van der Waals surface area contributed by atoms with Crippen LogP contribution >= 0.6 is 0 Å². The van der Waals surface area contributed by atoms with Gasteiger partial charge in [0, 0.05) is 5.39 Å². The number of aromatic amines is 1. The van der Waals surface area contributed by atoms with Crippen molar-refractivity contribution in [3.63, 3.8) is 0 Å². The number of hydrogen-bond donors (Lipinski definition) is 2. The van der Waals surface area contributed by atoms with E-state index in [2.05, 4.69) is 60.6 Å². The highest BCUT2D eigenvalue weighted by atomic mass is 28.4. The number of amides is 2. The van der Waals surface area contributed by atoms with Crippen molar-refractivity contribution in [3.05, 3.63) is 90.4 Å². The molecule has 0 spiro atoms. The molecule has 2 N–H and O–H groups in total. The Balaban J connectivity index is 1.41. The molecule has 3 aromatic carbocycles. The minimum Gasteiger partial charge on any atom is -0.444 e. The Morgan fingerprint density at radius 3 is 2.10 bits per heavy atom. The first kappa shape index (κ1) is 35.2. The van der Waals surface area contributed by atoms with Crippen molar-refractivity contribution in [3.8, 4) is 0 Å². The Morgan fingerprint density at radius 1 is 0.938 bits per heavy atom. The summed E-state index contributed by atoms with van der Waals surface area (Å²) in [6.45, 7) is 15.8. The smallest absolute Gasteiger partial charge is 0.410 e. The quantitative estimate of drug-likeness (QED) is 0.235. The number of benzene rings is 3. The molecule has 2 atom stereocenters. The predicted octanol–water partition coefficient (Wildman–Crippen LogP) is 5.63. The summed E-state index contributed by atoms with van der Waals surface area (Å²) in [5.74, 6) is -0.851. The number of rotatable bonds is 8. The number of nitrogens with zero attached hydrogens (tertiary/aromatic N) is 2. The van der Waals surface area contributed by atoms with Crippen LogP contribution in [0.15, 0.2) is 78.9 Å². The average Bonchev–Trinajstić information content (AvgIpc) is 3.47. The summed E-state index contributed by atoms with van der Waals surface area (Å²) in [6, 6.07) is 24.8. The maximum Gasteiger partial charge on any atom is 0.410 e. The molecule has 0 saturated carbocycles. The van der Waals surface area contributed by atoms with E-state index in [1.165, 1.54) is 6.07 Å². The monoisotopic (exact) mass is 674 g/mol. The number of carbonyl (C=O) groups excluding carboxylic acids is 2. The van der Waals surface area contributed by atoms with E-state index in [9.17, 15) is 14.0 Å². The fraction of sp³-hybridized carbons (Fsp3) is 0.432. The lowest BCUT2D eigenvalue weighted by Crippen LogP contribution is -2.68. The van der Waals surface area contributed by atoms with Gasteiger partial charge in [0.2, 0.25) is 0 Å². The molecule has 9 nitrogen and oxygen atoms in total. The maximum atomic E-state index is 14.4. The molecule has 48 heavy (non-hydrogen) atoms. The van der Waals surface area contributed by atoms with E-state index >= 15 is 0 Å². The van der Waals surface area contributed by atoms with Gasteiger partial charge in [-0.3, -0.25) is 14.8 Å². The molecule has 0 unspecified atom stereocenters. The van der Waals surface area contributed by atoms with E-state index in [1.807, 2.05) is 57.2 Å². The van der Waals surface area contributed by atoms with Gasteiger partial charge in [0.25, 0.3) is 14.2 Å². The van der Waals surface area contributed by atoms with Crippen LogP contribution in [0.25, 0.3) is 10.9 Å². The number of ether oxygens (including phenoxy) is 2. The third-order valence-electron chi connectivity index (χ3n) is 8.70. The van der Waals surface area contributed by atoms with Gasteiger partial charge in [-0.05, 0) is 56.1 Å². The van der Waals surface area contributed by atoms with Crippen molar-refractivity contribution >= 4 is 41.6 Å². The Hall–Kier alpha value is -4.06. The second kappa shape index (κ2) is 13.4. The van der Waals surface area contributed by atoms with Crippen molar-refractivity contribution in [1.82, 2.24) is 20.4 Å². The highest BCUT2D eigenvalue weighted by Gasteiger charge is 2.51. The molecule has 2 amide bonds. The molecule has 256 valence electrons. The topological polar surface area (TPSA) is 106 Å². The number of carbonyl (C=O) groups is 2. The average molecular weight is 675 g/mol. The number of H-pyrrole nitrogens is 1. The number of nitrogens with one attached hydrogen (secondary N) is 2. The fourth-order valence-electron chi connectivity index (χ4n) is 6.45. The molecule has 0 radical (unpaired) electrons. The zero-order valence-corrected chi connectivity index (χ0v) is 30.1. The molecule has 5 rings (SSSR count). The Bertz CT molecular complexity index is 1690. The third kappa shape index (κ3) is 7.18. The van der Waals surface area contributed by atoms with Crippen molar-refractivity contribution in [2.75, 3.05) is 19.8 Å². The summed E-state index contributed by atoms with van der Waals surface area (Å²) in [5.41, 5.74) is -0.980. The molecule has 4 aromatic rings. The van der Waals surface area contributed by atoms with Crippen molar-refractivity contribution in [1.29, 1.82) is 0 Å². The van der Waals surface area contributed by atoms with Crippen LogP contribution < -0.4 is 15.7 Å². The zero-order chi connectivity index (χ0) is 34.9. The fourth-order valence-corrected chi connectivity index (χ4v) is 11.1. The SMILES string of the molecule is CC(C)(C)OC(=O)N1C[C@@H](C(=O)NC(C)(C)c2n[nH]c3c(F)cccc23)OC[C@H]1CO[Si](c1ccccc1)(c1ccccc1)C(C)(C)C. The zero-order valence-electron chi connectivity index (χ0n) is 29.1. The van der Waals surface area contributed by atoms with Crippen LogP contribution in [0.4, 0.5) is 9.18 Å². The summed E-state index contributed by atoms with van der Waals surface area (Å²) in [4.78, 5) is 29.0. The number of aromatic nitrogens is 2. The molecule has 1 aromatic heterocycles. The first-order valence-corrected chi connectivity index (χ1v) is 18.3. The van der Waals surface area contributed by atoms with E-state index in [-0.39, 0.29) is 30.3 Å². The van der Waals surface area contributed by atoms with Gasteiger partial charge in [-0.25, -0.2) is 9.18 Å². The van der Waals surface area contributed by atoms with E-state index in [1.54, 1.807) is 30.9 Å². The molecule has 11 heteroatoms. The summed E-state index contributed by atoms with van der Waals surface area (Å²) in [5, 5.41) is 12.6. The van der Waals surface area contributed by atoms with Crippen LogP contribution in [-0.4, -0.2) is 72.9 Å². The van der Waals surface area contributed by atoms with Crippen molar-refractivity contribution in [2.24, 2.45) is 0 Å². The highest BCUT2D eigenvalue weighted by molar-refractivity contribution is 6.99. The van der Waals surface area contributed by atoms with Crippen LogP contribution in [-0.2, 0) is 24.2 Å². The van der Waals surface area contributed by atoms with Crippen LogP contribution in [0.1, 0.15) is 61.1 Å². The lowest BCUT2D eigenvalue weighted by molar-refractivity contribution is -0.144. The van der Waals surface area contributed by atoms with Gasteiger partial charge in [-0.15, -0.1) is 0 Å². The number of fused-ring (bicyclic) bond motifs is 1. The summed E-state index contributed by atoms with van der Waals surface area (Å²) in [7, 11) is -2.92. The summed E-state index contributed by atoms with van der Waals surface area (Å²) in [6.07, 6.45) is -1.53. The minimum absolute atomic E-state index is 0.0401. The number of hydrogen-bond acceptors (Lipinski definition) is 6. The molecular weight excluding hydrogens is 628 g/mol. The molecule has 1 aliphatic heterocycles. The maximum absolute atomic E-state index is 14.4. The number of morpholine rings is 1. The van der Waals surface area contributed by atoms with Gasteiger partial charge in [-0.2, -0.15) is 5.10 Å². The predicted molar refractivity (Wildman–Crippen MR) is 187 cm³/mol. The van der Waals surface area contributed by atoms with Crippen LogP contribution in [0, 0.1) is 5.82 Å². The lowest BCUT2D eigenvalue weighted by atomic mass is 9.96. The van der Waals surface area contributed by atoms with E-state index in [0.717, 1.165) is 10.4 Å². The standard InChI is InChI=1S/C37H47FN4O5Si/c1-35(2,3)47-34(44)42-22-30(33(43)39-37(7,8)32-28-20-15-21-29(38)31(28)40-41-32)45-23-25(42)24-46-48(36(4,5)6,26-16-11-9-12-17-26)27-18-13-10-14-19-27/h9-21,25,30H,22-24H2,1-8H3,(H,39,43)(H,40,41)/t25-,30-/m0/s1. The van der Waals surface area contributed by atoms with Crippen molar-refractivity contribution in [2.45, 2.75) is 83.7 Å². The Kier molecular flexibility index (Phi) is 9.88. The molecular formula is C37H47FN4O5Si. The number of halogens is 1. The molecule has 0 aliphatic carbocycles. The first-order valence-electron chi connectivity index (χ1n) is 16.3. The van der Waals surface area contributed by atoms with Crippen LogP contribution in [0.2, 0.25) is 5.04 Å². The molecule has 1 aliphatic rings. The molecule has 1 fully saturated rings. The molecule has 0 bridgehead atoms. The second-order valence-electron chi connectivity index (χ2n) is 14.9. The molecule has 1 saturated heterocycles. The normalized spacial score (nSPS) is 17.7. The number of para-hydroxylation sites is 1. The van der Waals surface area contributed by atoms with Gasteiger partial charge >= 0.3 is 6.09 Å². The van der Waals surface area contributed by atoms with E-state index in [4.69, 9.17) is 13.9 Å². The van der Waals surface area contributed by atoms with E-state index < -0.39 is 49.4 Å². The molecule has 2 heterocycles. The highest BCUT2D eigenvalue weighted by Crippen LogP contribution is 2.37. The minimum atomic E-state index is -2.92. The van der Waals surface area contributed by atoms with Crippen LogP contribution in [0.3, 0.4) is 0 Å². The second-order valence-corrected chi connectivity index (χ2v) is 19.2. The summed E-state index contributed by atoms with van der Waals surface area (Å²) < 4.78 is 33.5. The Morgan fingerprint density at radius 2 is 1.54 bits per heavy atom. The Labute approximate surface area is 283 Å². The van der Waals surface area contributed by atoms with Gasteiger partial charge in [0.15, 0.2) is 6.10 Å². The first-order chi connectivity index (χ1) is 22.5. The van der Waals surface area contributed by atoms with E-state index in [0.29, 0.717) is 11.1 Å². The van der Waals surface area contributed by atoms with Gasteiger partial charge in [0.1, 0.15) is 16.9 Å². The van der Waals surface area contributed by atoms with Gasteiger partial charge in [-0.1, -0.05) is 93.6 Å².